The van der Waals surface area contributed by atoms with Gasteiger partial charge in [0.25, 0.3) is 0 Å². The molecule has 0 aromatic rings. The van der Waals surface area contributed by atoms with Crippen molar-refractivity contribution < 1.29 is 24.2 Å². The molecule has 0 amide bonds. The number of hydrogen-bond donors (Lipinski definition) is 1. The van der Waals surface area contributed by atoms with Crippen LogP contribution in [0.4, 0.5) is 0 Å². The predicted molar refractivity (Wildman–Crippen MR) is 320 cm³/mol. The maximum Gasteiger partial charge on any atom is 0.306 e. The highest BCUT2D eigenvalue weighted by molar-refractivity contribution is 5.70. The number of ether oxygens (including phenoxy) is 2. The normalized spacial score (nSPS) is 12.9. The van der Waals surface area contributed by atoms with Crippen molar-refractivity contribution in [2.24, 2.45) is 0 Å². The zero-order valence-corrected chi connectivity index (χ0v) is 48.1. The van der Waals surface area contributed by atoms with Gasteiger partial charge in [0, 0.05) is 12.8 Å². The highest BCUT2D eigenvalue weighted by Crippen LogP contribution is 2.17. The minimum Gasteiger partial charge on any atom is -0.462 e. The van der Waals surface area contributed by atoms with E-state index in [0.717, 1.165) is 89.9 Å². The summed E-state index contributed by atoms with van der Waals surface area (Å²) in [5.74, 6) is -0.578. The number of rotatable bonds is 57. The van der Waals surface area contributed by atoms with E-state index in [1.54, 1.807) is 0 Å². The zero-order valence-electron chi connectivity index (χ0n) is 48.1. The summed E-state index contributed by atoms with van der Waals surface area (Å²) in [6, 6.07) is 0. The number of allylic oxidation sites excluding steroid dienone is 16. The second-order valence-electron chi connectivity index (χ2n) is 20.8. The summed E-state index contributed by atoms with van der Waals surface area (Å²) in [6.07, 6.45) is 89.8. The fraction of sp³-hybridized carbons (Fsp3) is 0.735. The monoisotopic (exact) mass is 1010 g/mol. The van der Waals surface area contributed by atoms with E-state index in [-0.39, 0.29) is 25.2 Å². The van der Waals surface area contributed by atoms with Crippen LogP contribution in [-0.2, 0) is 19.1 Å². The van der Waals surface area contributed by atoms with Crippen LogP contribution < -0.4 is 0 Å². The molecule has 0 aromatic heterocycles. The summed E-state index contributed by atoms with van der Waals surface area (Å²) in [4.78, 5) is 24.5. The van der Waals surface area contributed by atoms with Gasteiger partial charge >= 0.3 is 11.9 Å². The summed E-state index contributed by atoms with van der Waals surface area (Å²) in [5, 5.41) is 9.66. The standard InChI is InChI=1S/C68H118O5/c1-3-5-7-9-11-13-15-17-19-21-23-24-25-26-27-28-29-30-31-32-33-34-35-36-37-38-39-40-41-42-43-44-45-47-49-51-53-55-57-59-61-63-68(71)73-66(64-69)65-72-67(70)62-60-58-56-54-52-50-48-46-22-20-18-16-14-12-10-8-6-4-2/h5,7,11,13,17,19,23-24,26-27,29-30,32-33,35-36,66,69H,3-4,6,8-10,12,14-16,18,20-22,25,28,31,34,37-65H2,1-2H3/b7-5-,13-11-,19-17-,24-23-,27-26-,30-29-,33-32-,36-35-. The Hall–Kier alpha value is -3.18. The zero-order chi connectivity index (χ0) is 52.7. The third-order valence-corrected chi connectivity index (χ3v) is 13.6. The van der Waals surface area contributed by atoms with Gasteiger partial charge in [0.1, 0.15) is 6.61 Å². The highest BCUT2D eigenvalue weighted by atomic mass is 16.6. The van der Waals surface area contributed by atoms with Crippen LogP contribution in [0.15, 0.2) is 97.2 Å². The van der Waals surface area contributed by atoms with Gasteiger partial charge in [-0.05, 0) is 77.0 Å². The molecule has 0 rings (SSSR count). The van der Waals surface area contributed by atoms with E-state index < -0.39 is 6.10 Å². The van der Waals surface area contributed by atoms with Gasteiger partial charge in [0.15, 0.2) is 6.10 Å². The first-order valence-corrected chi connectivity index (χ1v) is 31.3. The molecule has 1 unspecified atom stereocenters. The number of esters is 2. The van der Waals surface area contributed by atoms with E-state index in [2.05, 4.69) is 111 Å². The Morgan fingerprint density at radius 1 is 0.329 bits per heavy atom. The lowest BCUT2D eigenvalue weighted by Gasteiger charge is -2.15. The highest BCUT2D eigenvalue weighted by Gasteiger charge is 2.16. The Kier molecular flexibility index (Phi) is 60.4. The molecule has 0 bridgehead atoms. The van der Waals surface area contributed by atoms with Crippen molar-refractivity contribution >= 4 is 11.9 Å². The minimum atomic E-state index is -0.773. The summed E-state index contributed by atoms with van der Waals surface area (Å²) in [6.45, 7) is 4.06. The second kappa shape index (κ2) is 63.1. The Morgan fingerprint density at radius 3 is 0.890 bits per heavy atom. The predicted octanol–water partition coefficient (Wildman–Crippen LogP) is 21.5. The molecule has 73 heavy (non-hydrogen) atoms. The molecule has 0 heterocycles. The van der Waals surface area contributed by atoms with Crippen molar-refractivity contribution in [3.8, 4) is 0 Å². The Balaban J connectivity index is 3.48. The van der Waals surface area contributed by atoms with Gasteiger partial charge in [0.05, 0.1) is 6.61 Å². The minimum absolute atomic E-state index is 0.0636. The maximum atomic E-state index is 12.3. The lowest BCUT2D eigenvalue weighted by atomic mass is 10.0. The Bertz CT molecular complexity index is 1380. The third-order valence-electron chi connectivity index (χ3n) is 13.6. The Morgan fingerprint density at radius 2 is 0.589 bits per heavy atom. The largest absolute Gasteiger partial charge is 0.462 e. The molecular weight excluding hydrogens is 897 g/mol. The number of carbonyl (C=O) groups excluding carboxylic acids is 2. The van der Waals surface area contributed by atoms with Crippen molar-refractivity contribution in [2.45, 2.75) is 309 Å². The maximum absolute atomic E-state index is 12.3. The molecule has 0 aliphatic rings. The molecule has 5 heteroatoms. The van der Waals surface area contributed by atoms with Crippen LogP contribution in [-0.4, -0.2) is 36.4 Å². The fourth-order valence-electron chi connectivity index (χ4n) is 8.99. The van der Waals surface area contributed by atoms with Gasteiger partial charge < -0.3 is 14.6 Å². The average Bonchev–Trinajstić information content (AvgIpc) is 3.39. The molecule has 1 N–H and O–H groups in total. The lowest BCUT2D eigenvalue weighted by molar-refractivity contribution is -0.161. The molecule has 0 saturated carbocycles. The van der Waals surface area contributed by atoms with E-state index in [1.165, 1.54) is 186 Å². The van der Waals surface area contributed by atoms with Gasteiger partial charge in [-0.2, -0.15) is 0 Å². The number of aliphatic hydroxyl groups excluding tert-OH is 1. The third kappa shape index (κ3) is 61.3. The molecule has 5 nitrogen and oxygen atoms in total. The van der Waals surface area contributed by atoms with Gasteiger partial charge in [-0.25, -0.2) is 0 Å². The molecule has 1 atom stereocenters. The van der Waals surface area contributed by atoms with Crippen molar-refractivity contribution in [1.29, 1.82) is 0 Å². The number of hydrogen-bond acceptors (Lipinski definition) is 5. The van der Waals surface area contributed by atoms with Crippen LogP contribution in [0.5, 0.6) is 0 Å². The number of unbranched alkanes of at least 4 members (excludes halogenated alkanes) is 33. The van der Waals surface area contributed by atoms with Gasteiger partial charge in [-0.1, -0.05) is 310 Å². The first-order valence-electron chi connectivity index (χ1n) is 31.3. The fourth-order valence-corrected chi connectivity index (χ4v) is 8.99. The first-order chi connectivity index (χ1) is 36.1. The van der Waals surface area contributed by atoms with Gasteiger partial charge in [0.2, 0.25) is 0 Å². The van der Waals surface area contributed by atoms with E-state index in [0.29, 0.717) is 12.8 Å². The average molecular weight is 1020 g/mol. The molecule has 0 aliphatic carbocycles. The van der Waals surface area contributed by atoms with Crippen LogP contribution in [0.1, 0.15) is 303 Å². The van der Waals surface area contributed by atoms with E-state index in [1.807, 2.05) is 0 Å². The van der Waals surface area contributed by atoms with E-state index in [4.69, 9.17) is 9.47 Å². The van der Waals surface area contributed by atoms with Gasteiger partial charge in [-0.3, -0.25) is 9.59 Å². The van der Waals surface area contributed by atoms with E-state index >= 15 is 0 Å². The molecule has 0 fully saturated rings. The molecule has 0 saturated heterocycles. The molecule has 0 aromatic carbocycles. The van der Waals surface area contributed by atoms with Crippen molar-refractivity contribution in [3.05, 3.63) is 97.2 Å². The second-order valence-corrected chi connectivity index (χ2v) is 20.8. The van der Waals surface area contributed by atoms with Gasteiger partial charge in [-0.15, -0.1) is 0 Å². The molecular formula is C68H118O5. The molecule has 0 spiro atoms. The summed E-state index contributed by atoms with van der Waals surface area (Å²) >= 11 is 0. The quantitative estimate of drug-likeness (QED) is 0.0373. The summed E-state index contributed by atoms with van der Waals surface area (Å²) in [7, 11) is 0. The smallest absolute Gasteiger partial charge is 0.306 e. The topological polar surface area (TPSA) is 72.8 Å². The van der Waals surface area contributed by atoms with Crippen molar-refractivity contribution in [1.82, 2.24) is 0 Å². The Labute approximate surface area is 453 Å². The van der Waals surface area contributed by atoms with Crippen LogP contribution in [0.3, 0.4) is 0 Å². The van der Waals surface area contributed by atoms with Crippen molar-refractivity contribution in [3.63, 3.8) is 0 Å². The lowest BCUT2D eigenvalue weighted by Crippen LogP contribution is -2.28. The number of aliphatic hydroxyl groups is 1. The molecule has 0 aliphatic heterocycles. The van der Waals surface area contributed by atoms with Crippen LogP contribution >= 0.6 is 0 Å². The van der Waals surface area contributed by atoms with Crippen LogP contribution in [0.2, 0.25) is 0 Å². The SMILES string of the molecule is CC/C=C\C/C=C\C/C=C\C/C=C\C/C=C\C/C=C\C/C=C\C/C=C\CCCCCCCCCCCCCCCCCCC(=O)OC(CO)COC(=O)CCCCCCCCCCCCCCCCCCCC. The van der Waals surface area contributed by atoms with E-state index in [9.17, 15) is 14.7 Å². The van der Waals surface area contributed by atoms with Crippen LogP contribution in [0, 0.1) is 0 Å². The van der Waals surface area contributed by atoms with Crippen LogP contribution in [0.25, 0.3) is 0 Å². The first kappa shape index (κ1) is 69.8. The number of carbonyl (C=O) groups is 2. The summed E-state index contributed by atoms with van der Waals surface area (Å²) < 4.78 is 10.7. The van der Waals surface area contributed by atoms with Crippen molar-refractivity contribution in [2.75, 3.05) is 13.2 Å². The molecule has 0 radical (unpaired) electrons. The summed E-state index contributed by atoms with van der Waals surface area (Å²) in [5.41, 5.74) is 0. The molecule has 420 valence electrons.